The SMILES string of the molecule is Cc1c(/C=N\NC(N)=O)c2ccccc2n1Cc1ccc(Cl)c(Cl)c1. The highest BCUT2D eigenvalue weighted by Gasteiger charge is 2.13. The Labute approximate surface area is 155 Å². The maximum Gasteiger partial charge on any atom is 0.332 e. The molecule has 0 saturated heterocycles. The van der Waals surface area contributed by atoms with Crippen LogP contribution in [0.25, 0.3) is 10.9 Å². The minimum Gasteiger partial charge on any atom is -0.350 e. The van der Waals surface area contributed by atoms with Crippen molar-refractivity contribution in [1.29, 1.82) is 0 Å². The summed E-state index contributed by atoms with van der Waals surface area (Å²) in [6, 6.07) is 12.9. The van der Waals surface area contributed by atoms with E-state index in [-0.39, 0.29) is 0 Å². The Hall–Kier alpha value is -2.50. The zero-order valence-electron chi connectivity index (χ0n) is 13.5. The third kappa shape index (κ3) is 3.62. The largest absolute Gasteiger partial charge is 0.350 e. The average molecular weight is 375 g/mol. The molecule has 128 valence electrons. The van der Waals surface area contributed by atoms with Gasteiger partial charge in [-0.2, -0.15) is 5.10 Å². The second-order valence-corrected chi connectivity index (χ2v) is 6.40. The number of carbonyl (C=O) groups is 1. The third-order valence-electron chi connectivity index (χ3n) is 3.97. The number of nitrogens with zero attached hydrogens (tertiary/aromatic N) is 2. The summed E-state index contributed by atoms with van der Waals surface area (Å²) in [4.78, 5) is 10.8. The molecule has 0 radical (unpaired) electrons. The normalized spacial score (nSPS) is 11.3. The number of aromatic nitrogens is 1. The Morgan fingerprint density at radius 1 is 1.24 bits per heavy atom. The number of hydrogen-bond acceptors (Lipinski definition) is 2. The van der Waals surface area contributed by atoms with Gasteiger partial charge in [0.05, 0.1) is 16.3 Å². The Morgan fingerprint density at radius 2 is 2.00 bits per heavy atom. The van der Waals surface area contributed by atoms with E-state index in [1.54, 1.807) is 12.3 Å². The number of hydrazone groups is 1. The van der Waals surface area contributed by atoms with Gasteiger partial charge in [-0.1, -0.05) is 47.5 Å². The Bertz CT molecular complexity index is 979. The molecule has 0 aliphatic heterocycles. The molecule has 2 amide bonds. The van der Waals surface area contributed by atoms with Crippen molar-refractivity contribution in [3.8, 4) is 0 Å². The van der Waals surface area contributed by atoms with E-state index in [0.29, 0.717) is 16.6 Å². The minimum atomic E-state index is -0.701. The highest BCUT2D eigenvalue weighted by atomic mass is 35.5. The number of hydrogen-bond donors (Lipinski definition) is 2. The van der Waals surface area contributed by atoms with Crippen molar-refractivity contribution in [1.82, 2.24) is 9.99 Å². The van der Waals surface area contributed by atoms with E-state index in [1.165, 1.54) is 0 Å². The van der Waals surface area contributed by atoms with Crippen LogP contribution in [0.3, 0.4) is 0 Å². The maximum atomic E-state index is 10.8. The van der Waals surface area contributed by atoms with Gasteiger partial charge in [0.1, 0.15) is 0 Å². The number of nitrogens with one attached hydrogen (secondary N) is 1. The number of amides is 2. The molecule has 0 aliphatic carbocycles. The van der Waals surface area contributed by atoms with Gasteiger partial charge in [-0.3, -0.25) is 0 Å². The van der Waals surface area contributed by atoms with Crippen LogP contribution < -0.4 is 11.2 Å². The molecular weight excluding hydrogens is 359 g/mol. The zero-order valence-corrected chi connectivity index (χ0v) is 15.0. The molecular formula is C18H16Cl2N4O. The van der Waals surface area contributed by atoms with Crippen LogP contribution in [-0.4, -0.2) is 16.8 Å². The molecule has 0 spiro atoms. The third-order valence-corrected chi connectivity index (χ3v) is 4.71. The van der Waals surface area contributed by atoms with E-state index in [9.17, 15) is 4.79 Å². The number of halogens is 2. The fourth-order valence-corrected chi connectivity index (χ4v) is 3.13. The van der Waals surface area contributed by atoms with Crippen LogP contribution in [0.1, 0.15) is 16.8 Å². The molecule has 3 N–H and O–H groups in total. The number of rotatable bonds is 4. The molecule has 3 rings (SSSR count). The van der Waals surface area contributed by atoms with E-state index in [0.717, 1.165) is 27.7 Å². The topological polar surface area (TPSA) is 72.4 Å². The predicted molar refractivity (Wildman–Crippen MR) is 103 cm³/mol. The van der Waals surface area contributed by atoms with Crippen LogP contribution in [0.15, 0.2) is 47.6 Å². The van der Waals surface area contributed by atoms with Crippen molar-refractivity contribution in [3.63, 3.8) is 0 Å². The quantitative estimate of drug-likeness (QED) is 0.518. The monoisotopic (exact) mass is 374 g/mol. The summed E-state index contributed by atoms with van der Waals surface area (Å²) in [6.45, 7) is 2.64. The molecule has 0 fully saturated rings. The molecule has 0 atom stereocenters. The van der Waals surface area contributed by atoms with Gasteiger partial charge in [-0.25, -0.2) is 10.2 Å². The molecule has 0 unspecified atom stereocenters. The standard InChI is InChI=1S/C18H16Cl2N4O/c1-11-14(9-22-23-18(21)25)13-4-2-3-5-17(13)24(11)10-12-6-7-15(19)16(20)8-12/h2-9H,10H2,1H3,(H3,21,23,25)/b22-9-. The highest BCUT2D eigenvalue weighted by Crippen LogP contribution is 2.27. The van der Waals surface area contributed by atoms with Crippen LogP contribution >= 0.6 is 23.2 Å². The zero-order chi connectivity index (χ0) is 18.0. The van der Waals surface area contributed by atoms with E-state index in [4.69, 9.17) is 28.9 Å². The first-order valence-corrected chi connectivity index (χ1v) is 8.33. The van der Waals surface area contributed by atoms with Crippen LogP contribution in [0.2, 0.25) is 10.0 Å². The molecule has 1 heterocycles. The van der Waals surface area contributed by atoms with E-state index in [1.807, 2.05) is 43.3 Å². The minimum absolute atomic E-state index is 0.528. The number of carbonyl (C=O) groups excluding carboxylic acids is 1. The summed E-state index contributed by atoms with van der Waals surface area (Å²) in [5.41, 5.74) is 11.3. The van der Waals surface area contributed by atoms with Crippen LogP contribution in [0.4, 0.5) is 4.79 Å². The lowest BCUT2D eigenvalue weighted by Gasteiger charge is -2.09. The average Bonchev–Trinajstić information content (AvgIpc) is 2.84. The lowest BCUT2D eigenvalue weighted by Crippen LogP contribution is -2.24. The van der Waals surface area contributed by atoms with Crippen LogP contribution in [-0.2, 0) is 6.54 Å². The first-order chi connectivity index (χ1) is 12.0. The fourth-order valence-electron chi connectivity index (χ4n) is 2.81. The van der Waals surface area contributed by atoms with Crippen LogP contribution in [0, 0.1) is 6.92 Å². The van der Waals surface area contributed by atoms with Gasteiger partial charge < -0.3 is 10.3 Å². The van der Waals surface area contributed by atoms with Crippen molar-refractivity contribution in [3.05, 3.63) is 69.3 Å². The van der Waals surface area contributed by atoms with Gasteiger partial charge in [0, 0.05) is 28.7 Å². The fraction of sp³-hybridized carbons (Fsp3) is 0.111. The van der Waals surface area contributed by atoms with Gasteiger partial charge in [0.15, 0.2) is 0 Å². The first kappa shape index (κ1) is 17.3. The van der Waals surface area contributed by atoms with Crippen molar-refractivity contribution in [2.75, 3.05) is 0 Å². The van der Waals surface area contributed by atoms with E-state index in [2.05, 4.69) is 15.1 Å². The summed E-state index contributed by atoms with van der Waals surface area (Å²) in [5, 5.41) is 5.99. The molecule has 5 nitrogen and oxygen atoms in total. The molecule has 0 aliphatic rings. The van der Waals surface area contributed by atoms with E-state index < -0.39 is 6.03 Å². The number of nitrogens with two attached hydrogens (primary N) is 1. The number of primary amides is 1. The molecule has 3 aromatic rings. The Kier molecular flexibility index (Phi) is 4.97. The molecule has 7 heteroatoms. The van der Waals surface area contributed by atoms with Crippen molar-refractivity contribution in [2.45, 2.75) is 13.5 Å². The smallest absolute Gasteiger partial charge is 0.332 e. The number of para-hydroxylation sites is 1. The van der Waals surface area contributed by atoms with Gasteiger partial charge in [-0.05, 0) is 30.7 Å². The Morgan fingerprint density at radius 3 is 2.72 bits per heavy atom. The van der Waals surface area contributed by atoms with Gasteiger partial charge in [-0.15, -0.1) is 0 Å². The van der Waals surface area contributed by atoms with Gasteiger partial charge in [0.25, 0.3) is 0 Å². The molecule has 2 aromatic carbocycles. The van der Waals surface area contributed by atoms with E-state index >= 15 is 0 Å². The summed E-state index contributed by atoms with van der Waals surface area (Å²) in [6.07, 6.45) is 1.60. The van der Waals surface area contributed by atoms with Crippen molar-refractivity contribution in [2.24, 2.45) is 10.8 Å². The maximum absolute atomic E-state index is 10.8. The number of fused-ring (bicyclic) bond motifs is 1. The lowest BCUT2D eigenvalue weighted by molar-refractivity contribution is 0.249. The molecule has 25 heavy (non-hydrogen) atoms. The number of benzene rings is 2. The van der Waals surface area contributed by atoms with Crippen molar-refractivity contribution < 1.29 is 4.79 Å². The first-order valence-electron chi connectivity index (χ1n) is 7.57. The van der Waals surface area contributed by atoms with Crippen LogP contribution in [0.5, 0.6) is 0 Å². The van der Waals surface area contributed by atoms with Gasteiger partial charge >= 0.3 is 6.03 Å². The summed E-state index contributed by atoms with van der Waals surface area (Å²) < 4.78 is 2.17. The Balaban J connectivity index is 2.05. The molecule has 0 bridgehead atoms. The predicted octanol–water partition coefficient (Wildman–Crippen LogP) is 4.31. The lowest BCUT2D eigenvalue weighted by atomic mass is 10.1. The summed E-state index contributed by atoms with van der Waals surface area (Å²) in [7, 11) is 0. The second-order valence-electron chi connectivity index (χ2n) is 5.59. The molecule has 0 saturated carbocycles. The van der Waals surface area contributed by atoms with Crippen molar-refractivity contribution >= 4 is 46.4 Å². The van der Waals surface area contributed by atoms with Gasteiger partial charge in [0.2, 0.25) is 0 Å². The second kappa shape index (κ2) is 7.17. The summed E-state index contributed by atoms with van der Waals surface area (Å²) in [5.74, 6) is 0. The number of urea groups is 1. The highest BCUT2D eigenvalue weighted by molar-refractivity contribution is 6.42. The molecule has 1 aromatic heterocycles. The summed E-state index contributed by atoms with van der Waals surface area (Å²) >= 11 is 12.1.